The third kappa shape index (κ3) is 3.87. The summed E-state index contributed by atoms with van der Waals surface area (Å²) in [7, 11) is 0. The average molecular weight is 371 g/mol. The fraction of sp³-hybridized carbons (Fsp3) is 0.318. The van der Waals surface area contributed by atoms with Gasteiger partial charge < -0.3 is 4.74 Å². The normalized spacial score (nSPS) is 19.8. The van der Waals surface area contributed by atoms with E-state index in [2.05, 4.69) is 0 Å². The molecule has 1 unspecified atom stereocenters. The van der Waals surface area contributed by atoms with Crippen LogP contribution >= 0.6 is 0 Å². The first-order valence-corrected chi connectivity index (χ1v) is 8.83. The molecule has 0 saturated heterocycles. The number of carbonyl (C=O) groups excluding carboxylic acids is 1. The molecule has 1 heterocycles. The molecule has 2 aromatic rings. The Hall–Kier alpha value is -2.69. The number of amides is 1. The summed E-state index contributed by atoms with van der Waals surface area (Å²) in [5.41, 5.74) is 0.0641. The molecule has 1 amide bonds. The molecule has 1 aliphatic rings. The Labute approximate surface area is 158 Å². The zero-order valence-corrected chi connectivity index (χ0v) is 15.9. The Morgan fingerprint density at radius 3 is 2.41 bits per heavy atom. The molecule has 0 fully saturated rings. The van der Waals surface area contributed by atoms with Gasteiger partial charge in [-0.3, -0.25) is 4.90 Å². The molecule has 0 radical (unpaired) electrons. The molecule has 0 bridgehead atoms. The molecular weight excluding hydrogens is 348 g/mol. The molecule has 0 saturated carbocycles. The lowest BCUT2D eigenvalue weighted by Gasteiger charge is -2.36. The van der Waals surface area contributed by atoms with Crippen LogP contribution in [0.3, 0.4) is 0 Å². The van der Waals surface area contributed by atoms with E-state index in [9.17, 15) is 13.6 Å². The molecule has 3 rings (SSSR count). The van der Waals surface area contributed by atoms with Gasteiger partial charge in [0.1, 0.15) is 17.2 Å². The van der Waals surface area contributed by atoms with Gasteiger partial charge in [-0.2, -0.15) is 0 Å². The maximum absolute atomic E-state index is 14.3. The largest absolute Gasteiger partial charge is 0.444 e. The average Bonchev–Trinajstić information content (AvgIpc) is 2.95. The van der Waals surface area contributed by atoms with E-state index in [-0.39, 0.29) is 12.1 Å². The molecule has 1 atom stereocenters. The minimum Gasteiger partial charge on any atom is -0.444 e. The van der Waals surface area contributed by atoms with Gasteiger partial charge in [-0.25, -0.2) is 13.6 Å². The highest BCUT2D eigenvalue weighted by Gasteiger charge is 2.43. The van der Waals surface area contributed by atoms with Gasteiger partial charge >= 0.3 is 6.09 Å². The highest BCUT2D eigenvalue weighted by atomic mass is 19.1. The monoisotopic (exact) mass is 371 g/mol. The van der Waals surface area contributed by atoms with E-state index in [0.29, 0.717) is 5.57 Å². The van der Waals surface area contributed by atoms with Crippen molar-refractivity contribution in [3.63, 3.8) is 0 Å². The van der Waals surface area contributed by atoms with Crippen LogP contribution in [0.25, 0.3) is 5.57 Å². The van der Waals surface area contributed by atoms with Crippen LogP contribution in [-0.2, 0) is 10.3 Å². The highest BCUT2D eigenvalue weighted by molar-refractivity contribution is 5.80. The van der Waals surface area contributed by atoms with E-state index in [0.717, 1.165) is 23.8 Å². The molecule has 5 heteroatoms. The Bertz CT molecular complexity index is 887. The Balaban J connectivity index is 2.07. The predicted octanol–water partition coefficient (Wildman–Crippen LogP) is 5.51. The number of ether oxygens (including phenoxy) is 1. The summed E-state index contributed by atoms with van der Waals surface area (Å²) in [6, 6.07) is 12.8. The fourth-order valence-corrected chi connectivity index (χ4v) is 3.29. The fourth-order valence-electron chi connectivity index (χ4n) is 3.29. The van der Waals surface area contributed by atoms with Gasteiger partial charge in [0, 0.05) is 5.56 Å². The lowest BCUT2D eigenvalue weighted by molar-refractivity contribution is 0.0138. The van der Waals surface area contributed by atoms with Gasteiger partial charge in [-0.15, -0.1) is 0 Å². The first kappa shape index (κ1) is 19.1. The van der Waals surface area contributed by atoms with E-state index < -0.39 is 28.9 Å². The number of hydrogen-bond donors (Lipinski definition) is 0. The second kappa shape index (κ2) is 6.80. The Morgan fingerprint density at radius 2 is 1.78 bits per heavy atom. The number of rotatable bonds is 2. The van der Waals surface area contributed by atoms with Gasteiger partial charge in [0.25, 0.3) is 0 Å². The molecule has 3 nitrogen and oxygen atoms in total. The van der Waals surface area contributed by atoms with Crippen molar-refractivity contribution in [2.45, 2.75) is 38.8 Å². The lowest BCUT2D eigenvalue weighted by Crippen LogP contribution is -2.45. The van der Waals surface area contributed by atoms with Crippen LogP contribution in [0.2, 0.25) is 0 Å². The van der Waals surface area contributed by atoms with E-state index >= 15 is 0 Å². The van der Waals surface area contributed by atoms with Crippen LogP contribution in [0, 0.1) is 11.6 Å². The molecule has 1 aliphatic heterocycles. The molecule has 2 aromatic carbocycles. The predicted molar refractivity (Wildman–Crippen MR) is 101 cm³/mol. The van der Waals surface area contributed by atoms with E-state index in [1.54, 1.807) is 25.7 Å². The molecule has 0 spiro atoms. The topological polar surface area (TPSA) is 29.5 Å². The zero-order valence-electron chi connectivity index (χ0n) is 15.9. The van der Waals surface area contributed by atoms with Crippen molar-refractivity contribution in [3.8, 4) is 0 Å². The Morgan fingerprint density at radius 1 is 1.11 bits per heavy atom. The minimum absolute atomic E-state index is 0.126. The van der Waals surface area contributed by atoms with Crippen molar-refractivity contribution in [1.29, 1.82) is 0 Å². The molecule has 0 aliphatic carbocycles. The van der Waals surface area contributed by atoms with E-state index in [1.165, 1.54) is 0 Å². The van der Waals surface area contributed by atoms with E-state index in [4.69, 9.17) is 4.74 Å². The third-order valence-corrected chi connectivity index (χ3v) is 4.59. The van der Waals surface area contributed by atoms with Gasteiger partial charge in [0.2, 0.25) is 0 Å². The van der Waals surface area contributed by atoms with Gasteiger partial charge in [-0.1, -0.05) is 30.3 Å². The summed E-state index contributed by atoms with van der Waals surface area (Å²) in [6.07, 6.45) is 1.31. The molecule has 0 N–H and O–H groups in total. The van der Waals surface area contributed by atoms with Crippen molar-refractivity contribution in [3.05, 3.63) is 77.4 Å². The van der Waals surface area contributed by atoms with E-state index in [1.807, 2.05) is 43.3 Å². The highest BCUT2D eigenvalue weighted by Crippen LogP contribution is 2.41. The standard InChI is InChI=1S/C22H23F2NO2/c1-21(2,3)27-20(26)25-14-15(18-12-17(23)10-11-19(18)24)13-22(25,4)16-8-6-5-7-9-16/h5-13H,14H2,1-4H3. The van der Waals surface area contributed by atoms with Gasteiger partial charge in [0.05, 0.1) is 12.1 Å². The summed E-state index contributed by atoms with van der Waals surface area (Å²) >= 11 is 0. The van der Waals surface area contributed by atoms with Crippen molar-refractivity contribution in [1.82, 2.24) is 4.90 Å². The summed E-state index contributed by atoms with van der Waals surface area (Å²) in [6.45, 7) is 7.38. The van der Waals surface area contributed by atoms with Crippen LogP contribution in [-0.4, -0.2) is 23.1 Å². The van der Waals surface area contributed by atoms with Crippen molar-refractivity contribution < 1.29 is 18.3 Å². The minimum atomic E-state index is -0.836. The van der Waals surface area contributed by atoms with Crippen LogP contribution < -0.4 is 0 Å². The number of carbonyl (C=O) groups is 1. The summed E-state index contributed by atoms with van der Waals surface area (Å²) in [5.74, 6) is -1.05. The summed E-state index contributed by atoms with van der Waals surface area (Å²) in [4.78, 5) is 14.4. The van der Waals surface area contributed by atoms with Gasteiger partial charge in [-0.05, 0) is 63.1 Å². The molecular formula is C22H23F2NO2. The first-order chi connectivity index (χ1) is 12.6. The van der Waals surface area contributed by atoms with Crippen LogP contribution in [0.5, 0.6) is 0 Å². The maximum Gasteiger partial charge on any atom is 0.411 e. The number of hydrogen-bond acceptors (Lipinski definition) is 2. The zero-order chi connectivity index (χ0) is 19.8. The second-order valence-electron chi connectivity index (χ2n) is 7.87. The van der Waals surface area contributed by atoms with Gasteiger partial charge in [0.15, 0.2) is 0 Å². The lowest BCUT2D eigenvalue weighted by atomic mass is 9.91. The smallest absolute Gasteiger partial charge is 0.411 e. The summed E-state index contributed by atoms with van der Waals surface area (Å²) < 4.78 is 33.6. The van der Waals surface area contributed by atoms with Crippen LogP contribution in [0.1, 0.15) is 38.8 Å². The van der Waals surface area contributed by atoms with Crippen molar-refractivity contribution in [2.75, 3.05) is 6.54 Å². The van der Waals surface area contributed by atoms with Crippen molar-refractivity contribution in [2.24, 2.45) is 0 Å². The number of benzene rings is 2. The Kier molecular flexibility index (Phi) is 4.81. The second-order valence-corrected chi connectivity index (χ2v) is 7.87. The SMILES string of the molecule is CC(C)(C)OC(=O)N1CC(c2cc(F)ccc2F)=CC1(C)c1ccccc1. The number of nitrogens with zero attached hydrogens (tertiary/aromatic N) is 1. The van der Waals surface area contributed by atoms with Crippen LogP contribution in [0.15, 0.2) is 54.6 Å². The molecule has 142 valence electrons. The summed E-state index contributed by atoms with van der Waals surface area (Å²) in [5, 5.41) is 0. The first-order valence-electron chi connectivity index (χ1n) is 8.83. The molecule has 27 heavy (non-hydrogen) atoms. The van der Waals surface area contributed by atoms with Crippen molar-refractivity contribution >= 4 is 11.7 Å². The third-order valence-electron chi connectivity index (χ3n) is 4.59. The number of halogens is 2. The molecule has 0 aromatic heterocycles. The van der Waals surface area contributed by atoms with Crippen LogP contribution in [0.4, 0.5) is 13.6 Å². The maximum atomic E-state index is 14.3. The quantitative estimate of drug-likeness (QED) is 0.696.